The second-order valence-electron chi connectivity index (χ2n) is 8.72. The Morgan fingerprint density at radius 3 is 2.71 bits per heavy atom. The number of nitrogens with zero attached hydrogens (tertiary/aromatic N) is 1. The third-order valence-corrected chi connectivity index (χ3v) is 6.64. The summed E-state index contributed by atoms with van der Waals surface area (Å²) in [5.41, 5.74) is 5.07. The standard InChI is InChI=1S/C26H26N4O3S/c1-17-12-14-30(25-6-4-3-5-23(25)28-17)26(31)20-7-9-21(24(16-20)29-34(2,32)33)18-8-10-22-19(15-18)11-13-27-22/h3-11,13,15-17,27-29H,12,14H2,1-2H3. The van der Waals surface area contributed by atoms with Crippen molar-refractivity contribution in [3.8, 4) is 11.1 Å². The normalized spacial score (nSPS) is 15.9. The Bertz CT molecular complexity index is 1490. The largest absolute Gasteiger partial charge is 0.381 e. The quantitative estimate of drug-likeness (QED) is 0.385. The summed E-state index contributed by atoms with van der Waals surface area (Å²) in [7, 11) is -3.56. The third kappa shape index (κ3) is 4.36. The van der Waals surface area contributed by atoms with Crippen molar-refractivity contribution in [1.29, 1.82) is 0 Å². The van der Waals surface area contributed by atoms with E-state index in [1.165, 1.54) is 0 Å². The molecule has 0 saturated heterocycles. The van der Waals surface area contributed by atoms with Gasteiger partial charge in [-0.25, -0.2) is 8.42 Å². The van der Waals surface area contributed by atoms with Gasteiger partial charge in [-0.1, -0.05) is 24.3 Å². The molecule has 1 amide bonds. The van der Waals surface area contributed by atoms with E-state index in [0.29, 0.717) is 23.4 Å². The first-order chi connectivity index (χ1) is 16.3. The van der Waals surface area contributed by atoms with Crippen LogP contribution in [0.4, 0.5) is 17.1 Å². The maximum atomic E-state index is 13.6. The van der Waals surface area contributed by atoms with Gasteiger partial charge in [0.1, 0.15) is 0 Å². The van der Waals surface area contributed by atoms with Gasteiger partial charge in [-0.3, -0.25) is 9.52 Å². The molecule has 3 aromatic carbocycles. The van der Waals surface area contributed by atoms with E-state index in [1.54, 1.807) is 23.1 Å². The number of hydrogen-bond acceptors (Lipinski definition) is 4. The zero-order valence-corrected chi connectivity index (χ0v) is 19.8. The summed E-state index contributed by atoms with van der Waals surface area (Å²) >= 11 is 0. The van der Waals surface area contributed by atoms with E-state index >= 15 is 0 Å². The fourth-order valence-electron chi connectivity index (χ4n) is 4.41. The van der Waals surface area contributed by atoms with Gasteiger partial charge in [0.05, 0.1) is 23.3 Å². The molecule has 0 bridgehead atoms. The molecule has 0 spiro atoms. The molecule has 5 rings (SSSR count). The molecular formula is C26H26N4O3S. The minimum Gasteiger partial charge on any atom is -0.381 e. The average molecular weight is 475 g/mol. The summed E-state index contributed by atoms with van der Waals surface area (Å²) in [5, 5.41) is 4.48. The van der Waals surface area contributed by atoms with Crippen LogP contribution >= 0.6 is 0 Å². The van der Waals surface area contributed by atoms with Crippen molar-refractivity contribution in [2.45, 2.75) is 19.4 Å². The number of anilines is 3. The number of aromatic nitrogens is 1. The van der Waals surface area contributed by atoms with Crippen LogP contribution < -0.4 is 14.9 Å². The Labute approximate surface area is 198 Å². The zero-order chi connectivity index (χ0) is 23.9. The zero-order valence-electron chi connectivity index (χ0n) is 19.0. The molecule has 7 nitrogen and oxygen atoms in total. The van der Waals surface area contributed by atoms with Gasteiger partial charge in [0, 0.05) is 35.4 Å². The molecule has 2 heterocycles. The molecule has 4 aromatic rings. The van der Waals surface area contributed by atoms with Crippen LogP contribution in [0.25, 0.3) is 22.0 Å². The van der Waals surface area contributed by atoms with Crippen LogP contribution in [-0.4, -0.2) is 38.2 Å². The fourth-order valence-corrected chi connectivity index (χ4v) is 4.98. The van der Waals surface area contributed by atoms with Crippen LogP contribution in [-0.2, 0) is 10.0 Å². The highest BCUT2D eigenvalue weighted by atomic mass is 32.2. The number of carbonyl (C=O) groups is 1. The molecule has 1 aliphatic heterocycles. The number of hydrogen-bond donors (Lipinski definition) is 3. The van der Waals surface area contributed by atoms with Gasteiger partial charge in [-0.05, 0) is 66.8 Å². The molecule has 1 atom stereocenters. The van der Waals surface area contributed by atoms with Crippen molar-refractivity contribution < 1.29 is 13.2 Å². The summed E-state index contributed by atoms with van der Waals surface area (Å²) in [6, 6.07) is 21.0. The molecule has 8 heteroatoms. The smallest absolute Gasteiger partial charge is 0.258 e. The molecule has 1 aromatic heterocycles. The van der Waals surface area contributed by atoms with Gasteiger partial charge in [-0.2, -0.15) is 0 Å². The highest BCUT2D eigenvalue weighted by molar-refractivity contribution is 7.92. The SMILES string of the molecule is CC1CCN(C(=O)c2ccc(-c3ccc4[nH]ccc4c3)c(NS(C)(=O)=O)c2)c2ccccc2N1. The van der Waals surface area contributed by atoms with Crippen molar-refractivity contribution in [2.24, 2.45) is 0 Å². The summed E-state index contributed by atoms with van der Waals surface area (Å²) < 4.78 is 26.9. The first-order valence-corrected chi connectivity index (χ1v) is 13.0. The first kappa shape index (κ1) is 22.0. The minimum absolute atomic E-state index is 0.174. The van der Waals surface area contributed by atoms with Gasteiger partial charge in [0.15, 0.2) is 0 Å². The summed E-state index contributed by atoms with van der Waals surface area (Å²) in [5.74, 6) is -0.174. The van der Waals surface area contributed by atoms with Gasteiger partial charge >= 0.3 is 0 Å². The number of aromatic amines is 1. The molecule has 0 aliphatic carbocycles. The first-order valence-electron chi connectivity index (χ1n) is 11.2. The van der Waals surface area contributed by atoms with Crippen LogP contribution in [0.1, 0.15) is 23.7 Å². The lowest BCUT2D eigenvalue weighted by atomic mass is 10.00. The Balaban J connectivity index is 1.57. The van der Waals surface area contributed by atoms with E-state index < -0.39 is 10.0 Å². The molecular weight excluding hydrogens is 448 g/mol. The topological polar surface area (TPSA) is 94.3 Å². The summed E-state index contributed by atoms with van der Waals surface area (Å²) in [6.07, 6.45) is 3.77. The van der Waals surface area contributed by atoms with Crippen molar-refractivity contribution in [1.82, 2.24) is 4.98 Å². The van der Waals surface area contributed by atoms with Gasteiger partial charge in [0.2, 0.25) is 10.0 Å². The van der Waals surface area contributed by atoms with Crippen LogP contribution in [0.15, 0.2) is 72.9 Å². The maximum absolute atomic E-state index is 13.6. The van der Waals surface area contributed by atoms with E-state index in [-0.39, 0.29) is 11.9 Å². The van der Waals surface area contributed by atoms with Crippen LogP contribution in [0.2, 0.25) is 0 Å². The number of H-pyrrole nitrogens is 1. The second kappa shape index (κ2) is 8.53. The predicted molar refractivity (Wildman–Crippen MR) is 138 cm³/mol. The van der Waals surface area contributed by atoms with Gasteiger partial charge < -0.3 is 15.2 Å². The molecule has 0 fully saturated rings. The third-order valence-electron chi connectivity index (χ3n) is 6.05. The maximum Gasteiger partial charge on any atom is 0.258 e. The second-order valence-corrected chi connectivity index (χ2v) is 10.5. The van der Waals surface area contributed by atoms with Crippen LogP contribution in [0.3, 0.4) is 0 Å². The fraction of sp³-hybridized carbons (Fsp3) is 0.192. The Kier molecular flexibility index (Phi) is 5.53. The Hall–Kier alpha value is -3.78. The lowest BCUT2D eigenvalue weighted by molar-refractivity contribution is 0.0987. The number of benzene rings is 3. The van der Waals surface area contributed by atoms with E-state index in [9.17, 15) is 13.2 Å². The van der Waals surface area contributed by atoms with E-state index in [0.717, 1.165) is 40.5 Å². The number of sulfonamides is 1. The van der Waals surface area contributed by atoms with E-state index in [2.05, 4.69) is 21.9 Å². The Morgan fingerprint density at radius 1 is 1.06 bits per heavy atom. The summed E-state index contributed by atoms with van der Waals surface area (Å²) in [6.45, 7) is 2.65. The monoisotopic (exact) mass is 474 g/mol. The molecule has 1 unspecified atom stereocenters. The predicted octanol–water partition coefficient (Wildman–Crippen LogP) is 5.06. The van der Waals surface area contributed by atoms with Crippen LogP contribution in [0, 0.1) is 0 Å². The van der Waals surface area contributed by atoms with Crippen molar-refractivity contribution in [2.75, 3.05) is 27.7 Å². The average Bonchev–Trinajstić information content (AvgIpc) is 3.19. The van der Waals surface area contributed by atoms with E-state index in [1.807, 2.05) is 54.7 Å². The van der Waals surface area contributed by atoms with Gasteiger partial charge in [0.25, 0.3) is 5.91 Å². The van der Waals surface area contributed by atoms with Crippen molar-refractivity contribution in [3.05, 3.63) is 78.5 Å². The lowest BCUT2D eigenvalue weighted by Gasteiger charge is -2.23. The molecule has 34 heavy (non-hydrogen) atoms. The lowest BCUT2D eigenvalue weighted by Crippen LogP contribution is -2.32. The number of carbonyl (C=O) groups excluding carboxylic acids is 1. The number of nitrogens with one attached hydrogen (secondary N) is 3. The minimum atomic E-state index is -3.56. The molecule has 0 saturated carbocycles. The molecule has 1 aliphatic rings. The molecule has 3 N–H and O–H groups in total. The number of fused-ring (bicyclic) bond motifs is 2. The number of amides is 1. The number of para-hydroxylation sites is 2. The molecule has 0 radical (unpaired) electrons. The number of rotatable bonds is 4. The summed E-state index contributed by atoms with van der Waals surface area (Å²) in [4.78, 5) is 18.6. The highest BCUT2D eigenvalue weighted by Gasteiger charge is 2.25. The van der Waals surface area contributed by atoms with Crippen molar-refractivity contribution in [3.63, 3.8) is 0 Å². The van der Waals surface area contributed by atoms with E-state index in [4.69, 9.17) is 0 Å². The van der Waals surface area contributed by atoms with Crippen molar-refractivity contribution >= 4 is 43.9 Å². The van der Waals surface area contributed by atoms with Crippen LogP contribution in [0.5, 0.6) is 0 Å². The Morgan fingerprint density at radius 2 is 1.88 bits per heavy atom. The van der Waals surface area contributed by atoms with Gasteiger partial charge in [-0.15, -0.1) is 0 Å². The highest BCUT2D eigenvalue weighted by Crippen LogP contribution is 2.34. The molecule has 174 valence electrons.